The molecule has 11 heavy (non-hydrogen) atoms. The third-order valence-corrected chi connectivity index (χ3v) is 0.820. The number of ether oxygens (including phenoxy) is 1. The molecule has 0 bridgehead atoms. The quantitative estimate of drug-likeness (QED) is 0.634. The fourth-order valence-corrected chi connectivity index (χ4v) is 0.550. The summed E-state index contributed by atoms with van der Waals surface area (Å²) in [5.74, 6) is 0. The standard InChI is InChI=1S/C8H17NO2/c1-6(2)11-7(10)9-8(3,4)5/h6H,1-5H3,(H,9,10). The van der Waals surface area contributed by atoms with E-state index >= 15 is 0 Å². The molecule has 0 saturated heterocycles. The van der Waals surface area contributed by atoms with Crippen molar-refractivity contribution < 1.29 is 9.53 Å². The molecule has 0 heterocycles. The van der Waals surface area contributed by atoms with Crippen LogP contribution in [0.2, 0.25) is 0 Å². The number of hydrogen-bond donors (Lipinski definition) is 1. The average Bonchev–Trinajstić information content (AvgIpc) is 1.53. The maximum atomic E-state index is 10.9. The van der Waals surface area contributed by atoms with Gasteiger partial charge in [-0.25, -0.2) is 4.79 Å². The molecule has 0 radical (unpaired) electrons. The fourth-order valence-electron chi connectivity index (χ4n) is 0.550. The molecule has 0 spiro atoms. The van der Waals surface area contributed by atoms with Crippen LogP contribution in [0.3, 0.4) is 0 Å². The Labute approximate surface area is 68.1 Å². The molecule has 0 aromatic carbocycles. The molecular weight excluding hydrogens is 142 g/mol. The van der Waals surface area contributed by atoms with Crippen LogP contribution in [-0.2, 0) is 4.74 Å². The van der Waals surface area contributed by atoms with Gasteiger partial charge in [0.15, 0.2) is 0 Å². The number of nitrogens with one attached hydrogen (secondary N) is 1. The number of alkyl carbamates (subject to hydrolysis) is 1. The van der Waals surface area contributed by atoms with E-state index in [2.05, 4.69) is 5.32 Å². The van der Waals surface area contributed by atoms with Crippen molar-refractivity contribution in [1.29, 1.82) is 0 Å². The summed E-state index contributed by atoms with van der Waals surface area (Å²) >= 11 is 0. The molecule has 0 aliphatic carbocycles. The molecule has 0 fully saturated rings. The van der Waals surface area contributed by atoms with Gasteiger partial charge in [0.2, 0.25) is 0 Å². The van der Waals surface area contributed by atoms with Gasteiger partial charge in [0.1, 0.15) is 0 Å². The smallest absolute Gasteiger partial charge is 0.407 e. The van der Waals surface area contributed by atoms with Crippen LogP contribution in [0.4, 0.5) is 4.79 Å². The van der Waals surface area contributed by atoms with E-state index < -0.39 is 0 Å². The summed E-state index contributed by atoms with van der Waals surface area (Å²) in [6.07, 6.45) is -0.412. The van der Waals surface area contributed by atoms with Gasteiger partial charge in [-0.1, -0.05) is 0 Å². The lowest BCUT2D eigenvalue weighted by atomic mass is 10.1. The van der Waals surface area contributed by atoms with E-state index in [1.54, 1.807) is 0 Å². The Balaban J connectivity index is 3.71. The SMILES string of the molecule is CC(C)OC(=O)NC(C)(C)C. The highest BCUT2D eigenvalue weighted by Crippen LogP contribution is 1.99. The first-order valence-electron chi connectivity index (χ1n) is 3.80. The molecule has 0 aromatic rings. The summed E-state index contributed by atoms with van der Waals surface area (Å²) in [6.45, 7) is 9.38. The second kappa shape index (κ2) is 3.60. The predicted octanol–water partition coefficient (Wildman–Crippen LogP) is 1.92. The van der Waals surface area contributed by atoms with Crippen molar-refractivity contribution in [2.45, 2.75) is 46.3 Å². The van der Waals surface area contributed by atoms with E-state index in [1.165, 1.54) is 0 Å². The third-order valence-electron chi connectivity index (χ3n) is 0.820. The van der Waals surface area contributed by atoms with Crippen molar-refractivity contribution in [3.63, 3.8) is 0 Å². The van der Waals surface area contributed by atoms with Crippen LogP contribution in [0.25, 0.3) is 0 Å². The lowest BCUT2D eigenvalue weighted by molar-refractivity contribution is 0.108. The van der Waals surface area contributed by atoms with E-state index in [0.717, 1.165) is 0 Å². The highest BCUT2D eigenvalue weighted by atomic mass is 16.6. The van der Waals surface area contributed by atoms with Crippen molar-refractivity contribution in [1.82, 2.24) is 5.32 Å². The molecule has 0 unspecified atom stereocenters. The zero-order valence-corrected chi connectivity index (χ0v) is 7.89. The van der Waals surface area contributed by atoms with Crippen molar-refractivity contribution in [3.8, 4) is 0 Å². The second-order valence-electron chi connectivity index (χ2n) is 3.83. The van der Waals surface area contributed by atoms with Gasteiger partial charge in [-0.2, -0.15) is 0 Å². The molecule has 0 aliphatic rings. The van der Waals surface area contributed by atoms with Crippen LogP contribution in [0, 0.1) is 0 Å². The Morgan fingerprint density at radius 2 is 1.82 bits per heavy atom. The van der Waals surface area contributed by atoms with E-state index in [-0.39, 0.29) is 17.7 Å². The summed E-state index contributed by atoms with van der Waals surface area (Å²) in [7, 11) is 0. The van der Waals surface area contributed by atoms with E-state index in [4.69, 9.17) is 4.74 Å². The summed E-state index contributed by atoms with van der Waals surface area (Å²) in [4.78, 5) is 10.9. The summed E-state index contributed by atoms with van der Waals surface area (Å²) in [5, 5.41) is 2.69. The minimum Gasteiger partial charge on any atom is -0.447 e. The summed E-state index contributed by atoms with van der Waals surface area (Å²) in [5.41, 5.74) is -0.216. The Kier molecular flexibility index (Phi) is 3.36. The molecular formula is C8H17NO2. The zero-order chi connectivity index (χ0) is 9.07. The maximum Gasteiger partial charge on any atom is 0.407 e. The molecule has 0 saturated carbocycles. The van der Waals surface area contributed by atoms with Gasteiger partial charge in [-0.05, 0) is 34.6 Å². The van der Waals surface area contributed by atoms with Crippen molar-refractivity contribution in [2.24, 2.45) is 0 Å². The van der Waals surface area contributed by atoms with Gasteiger partial charge in [-0.3, -0.25) is 0 Å². The van der Waals surface area contributed by atoms with E-state index in [9.17, 15) is 4.79 Å². The molecule has 66 valence electrons. The van der Waals surface area contributed by atoms with Gasteiger partial charge in [-0.15, -0.1) is 0 Å². The largest absolute Gasteiger partial charge is 0.447 e. The molecule has 0 atom stereocenters. The van der Waals surface area contributed by atoms with Crippen molar-refractivity contribution in [2.75, 3.05) is 0 Å². The Bertz CT molecular complexity index is 136. The summed E-state index contributed by atoms with van der Waals surface area (Å²) in [6, 6.07) is 0. The van der Waals surface area contributed by atoms with Crippen molar-refractivity contribution >= 4 is 6.09 Å². The lowest BCUT2D eigenvalue weighted by Gasteiger charge is -2.20. The van der Waals surface area contributed by atoms with Crippen molar-refractivity contribution in [3.05, 3.63) is 0 Å². The molecule has 3 heteroatoms. The molecule has 0 rings (SSSR count). The molecule has 0 aromatic heterocycles. The first kappa shape index (κ1) is 10.3. The highest BCUT2D eigenvalue weighted by Gasteiger charge is 2.14. The fraction of sp³-hybridized carbons (Fsp3) is 0.875. The topological polar surface area (TPSA) is 38.3 Å². The summed E-state index contributed by atoms with van der Waals surface area (Å²) < 4.78 is 4.88. The average molecular weight is 159 g/mol. The molecule has 0 aliphatic heterocycles. The number of amides is 1. The Morgan fingerprint density at radius 1 is 1.36 bits per heavy atom. The van der Waals surface area contributed by atoms with Gasteiger partial charge in [0.05, 0.1) is 6.10 Å². The monoisotopic (exact) mass is 159 g/mol. The lowest BCUT2D eigenvalue weighted by Crippen LogP contribution is -2.41. The minimum atomic E-state index is -0.354. The highest BCUT2D eigenvalue weighted by molar-refractivity contribution is 5.68. The van der Waals surface area contributed by atoms with Gasteiger partial charge >= 0.3 is 6.09 Å². The number of carbonyl (C=O) groups excluding carboxylic acids is 1. The second-order valence-corrected chi connectivity index (χ2v) is 3.83. The van der Waals surface area contributed by atoms with E-state index in [0.29, 0.717) is 0 Å². The van der Waals surface area contributed by atoms with Crippen LogP contribution in [0.1, 0.15) is 34.6 Å². The van der Waals surface area contributed by atoms with E-state index in [1.807, 2.05) is 34.6 Å². The Hall–Kier alpha value is -0.730. The third kappa shape index (κ3) is 7.16. The zero-order valence-electron chi connectivity index (χ0n) is 7.89. The van der Waals surface area contributed by atoms with Crippen LogP contribution >= 0.6 is 0 Å². The molecule has 1 N–H and O–H groups in total. The maximum absolute atomic E-state index is 10.9. The number of carbonyl (C=O) groups is 1. The first-order chi connectivity index (χ1) is 4.81. The molecule has 1 amide bonds. The van der Waals surface area contributed by atoms with Crippen LogP contribution < -0.4 is 5.32 Å². The van der Waals surface area contributed by atoms with Crippen LogP contribution in [0.5, 0.6) is 0 Å². The van der Waals surface area contributed by atoms with Gasteiger partial charge in [0.25, 0.3) is 0 Å². The van der Waals surface area contributed by atoms with Gasteiger partial charge < -0.3 is 10.1 Å². The number of hydrogen-bond acceptors (Lipinski definition) is 2. The van der Waals surface area contributed by atoms with Crippen LogP contribution in [0.15, 0.2) is 0 Å². The Morgan fingerprint density at radius 3 is 2.09 bits per heavy atom. The minimum absolute atomic E-state index is 0.0580. The van der Waals surface area contributed by atoms with Gasteiger partial charge in [0, 0.05) is 5.54 Å². The predicted molar refractivity (Wildman–Crippen MR) is 44.5 cm³/mol. The normalized spacial score (nSPS) is 11.5. The number of rotatable bonds is 1. The molecule has 3 nitrogen and oxygen atoms in total. The van der Waals surface area contributed by atoms with Crippen LogP contribution in [-0.4, -0.2) is 17.7 Å². The first-order valence-corrected chi connectivity index (χ1v) is 3.80.